The molecule has 0 aliphatic rings. The molecule has 0 spiro atoms. The maximum absolute atomic E-state index is 14.4. The summed E-state index contributed by atoms with van der Waals surface area (Å²) in [5, 5.41) is 5.95. The Labute approximate surface area is 225 Å². The van der Waals surface area contributed by atoms with Crippen molar-refractivity contribution >= 4 is 17.9 Å². The van der Waals surface area contributed by atoms with Gasteiger partial charge in [0.1, 0.15) is 17.7 Å². The lowest BCUT2D eigenvalue weighted by Gasteiger charge is -2.45. The third-order valence-corrected chi connectivity index (χ3v) is 6.43. The van der Waals surface area contributed by atoms with E-state index < -0.39 is 29.3 Å². The van der Waals surface area contributed by atoms with Crippen molar-refractivity contribution in [1.29, 1.82) is 0 Å². The molecule has 1 aromatic rings. The summed E-state index contributed by atoms with van der Waals surface area (Å²) >= 11 is 0. The molecule has 0 radical (unpaired) electrons. The molecular formula is C30H51N3O4. The van der Waals surface area contributed by atoms with E-state index in [2.05, 4.69) is 17.6 Å². The van der Waals surface area contributed by atoms with Crippen molar-refractivity contribution in [1.82, 2.24) is 15.5 Å². The fourth-order valence-electron chi connectivity index (χ4n) is 4.34. The lowest BCUT2D eigenvalue weighted by molar-refractivity contribution is -0.150. The summed E-state index contributed by atoms with van der Waals surface area (Å²) in [6, 6.07) is 6.02. The topological polar surface area (TPSA) is 87.7 Å². The molecule has 1 rings (SSSR count). The zero-order valence-electron chi connectivity index (χ0n) is 25.0. The quantitative estimate of drug-likeness (QED) is 0.341. The predicted octanol–water partition coefficient (Wildman–Crippen LogP) is 6.30. The Morgan fingerprint density at radius 2 is 1.62 bits per heavy atom. The van der Waals surface area contributed by atoms with Crippen LogP contribution in [0.2, 0.25) is 0 Å². The van der Waals surface area contributed by atoms with Crippen LogP contribution in [-0.2, 0) is 14.3 Å². The number of aryl methyl sites for hydroxylation is 1. The zero-order valence-corrected chi connectivity index (χ0v) is 25.0. The van der Waals surface area contributed by atoms with Crippen molar-refractivity contribution in [3.8, 4) is 0 Å². The van der Waals surface area contributed by atoms with Gasteiger partial charge in [0.05, 0.1) is 0 Å². The van der Waals surface area contributed by atoms with E-state index in [0.29, 0.717) is 12.8 Å². The molecule has 3 amide bonds. The van der Waals surface area contributed by atoms with Crippen LogP contribution in [0.15, 0.2) is 24.3 Å². The summed E-state index contributed by atoms with van der Waals surface area (Å²) < 4.78 is 5.48. The van der Waals surface area contributed by atoms with Crippen molar-refractivity contribution in [3.05, 3.63) is 35.4 Å². The highest BCUT2D eigenvalue weighted by Crippen LogP contribution is 2.33. The first-order valence-corrected chi connectivity index (χ1v) is 13.7. The van der Waals surface area contributed by atoms with Gasteiger partial charge in [0.25, 0.3) is 0 Å². The lowest BCUT2D eigenvalue weighted by Crippen LogP contribution is -2.60. The van der Waals surface area contributed by atoms with Crippen molar-refractivity contribution in [2.24, 2.45) is 5.92 Å². The minimum atomic E-state index is -0.850. The molecular weight excluding hydrogens is 466 g/mol. The first kappa shape index (κ1) is 32.5. The van der Waals surface area contributed by atoms with E-state index in [9.17, 15) is 14.4 Å². The monoisotopic (exact) mass is 517 g/mol. The van der Waals surface area contributed by atoms with E-state index in [4.69, 9.17) is 4.74 Å². The van der Waals surface area contributed by atoms with Gasteiger partial charge in [-0.3, -0.25) is 9.59 Å². The van der Waals surface area contributed by atoms with Crippen molar-refractivity contribution in [2.75, 3.05) is 0 Å². The first-order valence-electron chi connectivity index (χ1n) is 13.7. The maximum Gasteiger partial charge on any atom is 0.408 e. The van der Waals surface area contributed by atoms with Gasteiger partial charge in [0.2, 0.25) is 11.8 Å². The molecule has 0 saturated heterocycles. The molecule has 0 fully saturated rings. The van der Waals surface area contributed by atoms with Crippen LogP contribution < -0.4 is 10.6 Å². The number of benzene rings is 1. The summed E-state index contributed by atoms with van der Waals surface area (Å²) in [7, 11) is 0. The number of hydrogen-bond acceptors (Lipinski definition) is 4. The Morgan fingerprint density at radius 3 is 2.11 bits per heavy atom. The van der Waals surface area contributed by atoms with Crippen molar-refractivity contribution < 1.29 is 19.1 Å². The number of nitrogens with zero attached hydrogens (tertiary/aromatic N) is 1. The minimum absolute atomic E-state index is 0.0298. The van der Waals surface area contributed by atoms with Crippen LogP contribution in [0.1, 0.15) is 112 Å². The highest BCUT2D eigenvalue weighted by atomic mass is 16.6. The Kier molecular flexibility index (Phi) is 12.1. The number of hydrogen-bond donors (Lipinski definition) is 2. The highest BCUT2D eigenvalue weighted by Gasteiger charge is 2.43. The third-order valence-electron chi connectivity index (χ3n) is 6.43. The highest BCUT2D eigenvalue weighted by molar-refractivity contribution is 5.92. The number of rotatable bonds is 12. The smallest absolute Gasteiger partial charge is 0.408 e. The second kappa shape index (κ2) is 13.8. The van der Waals surface area contributed by atoms with Gasteiger partial charge in [-0.1, -0.05) is 63.9 Å². The minimum Gasteiger partial charge on any atom is -0.444 e. The van der Waals surface area contributed by atoms with Crippen molar-refractivity contribution in [2.45, 2.75) is 131 Å². The fraction of sp³-hybridized carbons (Fsp3) is 0.700. The van der Waals surface area contributed by atoms with E-state index in [1.807, 2.05) is 72.7 Å². The van der Waals surface area contributed by atoms with E-state index in [-0.39, 0.29) is 23.8 Å². The first-order chi connectivity index (χ1) is 17.0. The van der Waals surface area contributed by atoms with E-state index >= 15 is 0 Å². The molecule has 0 bridgehead atoms. The van der Waals surface area contributed by atoms with Crippen molar-refractivity contribution in [3.63, 3.8) is 0 Å². The summed E-state index contributed by atoms with van der Waals surface area (Å²) in [4.78, 5) is 42.7. The Bertz CT molecular complexity index is 904. The molecule has 7 heteroatoms. The van der Waals surface area contributed by atoms with Gasteiger partial charge in [0, 0.05) is 11.6 Å². The molecule has 2 N–H and O–H groups in total. The Hall–Kier alpha value is -2.57. The lowest BCUT2D eigenvalue weighted by atomic mass is 9.90. The van der Waals surface area contributed by atoms with E-state index in [0.717, 1.165) is 24.0 Å². The average molecular weight is 518 g/mol. The number of alkyl carbamates (subject to hydrolysis) is 1. The fourth-order valence-corrected chi connectivity index (χ4v) is 4.34. The Balaban J connectivity index is 3.64. The Morgan fingerprint density at radius 1 is 1.00 bits per heavy atom. The zero-order chi connectivity index (χ0) is 28.6. The molecule has 0 aliphatic heterocycles. The molecule has 0 aliphatic carbocycles. The van der Waals surface area contributed by atoms with Gasteiger partial charge in [-0.25, -0.2) is 4.79 Å². The number of ether oxygens (including phenoxy) is 1. The second-order valence-corrected chi connectivity index (χ2v) is 12.2. The number of carbonyl (C=O) groups excluding carboxylic acids is 3. The maximum atomic E-state index is 14.4. The molecule has 0 aromatic heterocycles. The SMILES string of the molecule is CCCC(C)NC(=O)C(c1cccc(C)c1)N(C(=O)C(CC(C)C)NC(=O)OC(C)(C)C)C(C)(C)CC. The molecule has 3 atom stereocenters. The van der Waals surface area contributed by atoms with Crippen LogP contribution in [0.3, 0.4) is 0 Å². The molecule has 37 heavy (non-hydrogen) atoms. The molecule has 0 saturated carbocycles. The van der Waals surface area contributed by atoms with Gasteiger partial charge in [-0.2, -0.15) is 0 Å². The number of nitrogens with one attached hydrogen (secondary N) is 2. The van der Waals surface area contributed by atoms with Crippen LogP contribution in [0, 0.1) is 12.8 Å². The standard InChI is InChI=1S/C30H51N3O4/c1-12-15-22(6)31-26(34)25(23-17-14-16-21(5)19-23)33(30(10,11)13-2)27(35)24(18-20(3)4)32-28(36)37-29(7,8)9/h14,16-17,19-20,22,24-25H,12-13,15,18H2,1-11H3,(H,31,34)(H,32,36). The van der Waals surface area contributed by atoms with Gasteiger partial charge < -0.3 is 20.3 Å². The van der Waals surface area contributed by atoms with Gasteiger partial charge in [-0.05, 0) is 79.2 Å². The van der Waals surface area contributed by atoms with Gasteiger partial charge >= 0.3 is 6.09 Å². The summed E-state index contributed by atoms with van der Waals surface area (Å²) in [6.07, 6.45) is 2.18. The van der Waals surface area contributed by atoms with Crippen LogP contribution in [0.25, 0.3) is 0 Å². The van der Waals surface area contributed by atoms with Gasteiger partial charge in [-0.15, -0.1) is 0 Å². The molecule has 210 valence electrons. The summed E-state index contributed by atoms with van der Waals surface area (Å²) in [5.41, 5.74) is 0.389. The number of carbonyl (C=O) groups is 3. The molecule has 3 unspecified atom stereocenters. The third kappa shape index (κ3) is 10.4. The molecule has 7 nitrogen and oxygen atoms in total. The number of amides is 3. The predicted molar refractivity (Wildman–Crippen MR) is 150 cm³/mol. The average Bonchev–Trinajstić information content (AvgIpc) is 2.74. The van der Waals surface area contributed by atoms with Crippen LogP contribution in [0.4, 0.5) is 4.79 Å². The van der Waals surface area contributed by atoms with Crippen LogP contribution in [-0.4, -0.2) is 46.0 Å². The normalized spacial score (nSPS) is 14.5. The summed E-state index contributed by atoms with van der Waals surface area (Å²) in [6.45, 7) is 21.3. The van der Waals surface area contributed by atoms with E-state index in [1.54, 1.807) is 25.7 Å². The second-order valence-electron chi connectivity index (χ2n) is 12.2. The molecule has 0 heterocycles. The van der Waals surface area contributed by atoms with Crippen LogP contribution in [0.5, 0.6) is 0 Å². The van der Waals surface area contributed by atoms with Gasteiger partial charge in [0.15, 0.2) is 0 Å². The largest absolute Gasteiger partial charge is 0.444 e. The van der Waals surface area contributed by atoms with E-state index in [1.165, 1.54) is 0 Å². The summed E-state index contributed by atoms with van der Waals surface area (Å²) in [5.74, 6) is -0.385. The van der Waals surface area contributed by atoms with Crippen LogP contribution >= 0.6 is 0 Å². The molecule has 1 aromatic carbocycles.